The smallest absolute Gasteiger partial charge is 0.175 e. The summed E-state index contributed by atoms with van der Waals surface area (Å²) in [6.07, 6.45) is 2.99. The third kappa shape index (κ3) is 6.73. The van der Waals surface area contributed by atoms with Gasteiger partial charge in [-0.25, -0.2) is 0 Å². The number of benzene rings is 5. The fraction of sp³-hybridized carbons (Fsp3) is 0.225. The van der Waals surface area contributed by atoms with Crippen molar-refractivity contribution in [3.8, 4) is 23.0 Å². The van der Waals surface area contributed by atoms with Crippen LogP contribution in [0, 0.1) is 6.92 Å². The highest BCUT2D eigenvalue weighted by atomic mass is 16.5. The molecule has 0 N–H and O–H groups in total. The van der Waals surface area contributed by atoms with Crippen molar-refractivity contribution in [1.82, 2.24) is 0 Å². The average molecular weight is 598 g/mol. The van der Waals surface area contributed by atoms with E-state index in [-0.39, 0.29) is 5.78 Å². The summed E-state index contributed by atoms with van der Waals surface area (Å²) in [7, 11) is 1.57. The number of carbonyl (C=O) groups is 1. The molecule has 0 saturated carbocycles. The molecule has 1 aliphatic rings. The molecule has 0 saturated heterocycles. The van der Waals surface area contributed by atoms with Crippen molar-refractivity contribution in [2.75, 3.05) is 12.0 Å². The van der Waals surface area contributed by atoms with E-state index in [1.807, 2.05) is 42.5 Å². The van der Waals surface area contributed by atoms with E-state index in [2.05, 4.69) is 78.6 Å². The van der Waals surface area contributed by atoms with Gasteiger partial charge in [0.25, 0.3) is 0 Å². The van der Waals surface area contributed by atoms with Gasteiger partial charge in [-0.2, -0.15) is 0 Å². The number of nitrogens with zero attached hydrogens (tertiary/aromatic N) is 1. The van der Waals surface area contributed by atoms with Crippen LogP contribution in [0.4, 0.5) is 5.69 Å². The number of fused-ring (bicyclic) bond motifs is 1. The molecule has 0 unspecified atom stereocenters. The third-order valence-corrected chi connectivity index (χ3v) is 8.37. The summed E-state index contributed by atoms with van der Waals surface area (Å²) < 4.78 is 18.6. The lowest BCUT2D eigenvalue weighted by atomic mass is 10.0. The van der Waals surface area contributed by atoms with Gasteiger partial charge in [-0.05, 0) is 79.1 Å². The van der Waals surface area contributed by atoms with Crippen LogP contribution in [0.15, 0.2) is 109 Å². The number of aryl methyl sites for hydroxylation is 1. The Morgan fingerprint density at radius 2 is 1.27 bits per heavy atom. The molecule has 0 radical (unpaired) electrons. The minimum absolute atomic E-state index is 0.143. The van der Waals surface area contributed by atoms with Gasteiger partial charge in [0.1, 0.15) is 23.7 Å². The van der Waals surface area contributed by atoms with Crippen molar-refractivity contribution >= 4 is 11.5 Å². The summed E-state index contributed by atoms with van der Waals surface area (Å²) in [5, 5.41) is 0. The molecule has 5 aromatic rings. The Morgan fingerprint density at radius 1 is 0.711 bits per heavy atom. The molecule has 5 aromatic carbocycles. The highest BCUT2D eigenvalue weighted by Crippen LogP contribution is 2.46. The van der Waals surface area contributed by atoms with Gasteiger partial charge in [0.15, 0.2) is 17.3 Å². The number of ketones is 1. The molecule has 0 amide bonds. The predicted molar refractivity (Wildman–Crippen MR) is 180 cm³/mol. The third-order valence-electron chi connectivity index (χ3n) is 8.37. The SMILES string of the molecule is COc1c(Oc2c(C)cc(N(Cc3ccccc3)Cc3ccccc3)c3c2CCC3)ccc(OCc2ccccc2)c1C(C)=O. The van der Waals surface area contributed by atoms with Crippen molar-refractivity contribution in [3.05, 3.63) is 148 Å². The van der Waals surface area contributed by atoms with Gasteiger partial charge in [0.2, 0.25) is 0 Å². The van der Waals surface area contributed by atoms with Gasteiger partial charge in [-0.1, -0.05) is 91.0 Å². The molecule has 45 heavy (non-hydrogen) atoms. The van der Waals surface area contributed by atoms with E-state index in [0.29, 0.717) is 29.4 Å². The van der Waals surface area contributed by atoms with Crippen LogP contribution in [-0.4, -0.2) is 12.9 Å². The van der Waals surface area contributed by atoms with Crippen molar-refractivity contribution in [1.29, 1.82) is 0 Å². The fourth-order valence-electron chi connectivity index (χ4n) is 6.26. The van der Waals surface area contributed by atoms with Gasteiger partial charge < -0.3 is 19.1 Å². The highest BCUT2D eigenvalue weighted by molar-refractivity contribution is 6.00. The lowest BCUT2D eigenvalue weighted by Gasteiger charge is -2.29. The van der Waals surface area contributed by atoms with Crippen LogP contribution in [0.2, 0.25) is 0 Å². The van der Waals surface area contributed by atoms with E-state index >= 15 is 0 Å². The Balaban J connectivity index is 1.35. The summed E-state index contributed by atoms with van der Waals surface area (Å²) in [5.41, 5.74) is 8.81. The van der Waals surface area contributed by atoms with Crippen LogP contribution in [0.5, 0.6) is 23.0 Å². The van der Waals surface area contributed by atoms with Crippen LogP contribution < -0.4 is 19.1 Å². The minimum atomic E-state index is -0.143. The monoisotopic (exact) mass is 597 g/mol. The number of hydrogen-bond donors (Lipinski definition) is 0. The molecule has 5 nitrogen and oxygen atoms in total. The molecule has 0 aliphatic heterocycles. The summed E-state index contributed by atoms with van der Waals surface area (Å²) in [4.78, 5) is 15.4. The van der Waals surface area contributed by atoms with E-state index in [1.165, 1.54) is 34.9 Å². The number of anilines is 1. The molecule has 6 rings (SSSR count). The molecule has 0 spiro atoms. The van der Waals surface area contributed by atoms with Crippen molar-refractivity contribution in [3.63, 3.8) is 0 Å². The van der Waals surface area contributed by atoms with Crippen molar-refractivity contribution in [2.24, 2.45) is 0 Å². The van der Waals surface area contributed by atoms with Crippen LogP contribution in [-0.2, 0) is 32.5 Å². The summed E-state index contributed by atoms with van der Waals surface area (Å²) in [5.74, 6) is 2.07. The fourth-order valence-corrected chi connectivity index (χ4v) is 6.26. The number of rotatable bonds is 12. The van der Waals surface area contributed by atoms with Crippen LogP contribution >= 0.6 is 0 Å². The van der Waals surface area contributed by atoms with Crippen molar-refractivity contribution in [2.45, 2.75) is 52.8 Å². The summed E-state index contributed by atoms with van der Waals surface area (Å²) in [6.45, 7) is 5.60. The summed E-state index contributed by atoms with van der Waals surface area (Å²) >= 11 is 0. The van der Waals surface area contributed by atoms with Crippen LogP contribution in [0.25, 0.3) is 0 Å². The molecule has 228 valence electrons. The molecule has 0 bridgehead atoms. The molecule has 5 heteroatoms. The first kappa shape index (κ1) is 30.0. The van der Waals surface area contributed by atoms with Crippen molar-refractivity contribution < 1.29 is 19.0 Å². The molecule has 0 fully saturated rings. The van der Waals surface area contributed by atoms with Gasteiger partial charge in [-0.3, -0.25) is 4.79 Å². The van der Waals surface area contributed by atoms with E-state index in [9.17, 15) is 4.79 Å². The Hall–Kier alpha value is -5.03. The molecule has 0 aromatic heterocycles. The van der Waals surface area contributed by atoms with E-state index in [0.717, 1.165) is 49.2 Å². The number of hydrogen-bond acceptors (Lipinski definition) is 5. The zero-order chi connectivity index (χ0) is 31.2. The first-order valence-electron chi connectivity index (χ1n) is 15.6. The first-order chi connectivity index (χ1) is 22.0. The van der Waals surface area contributed by atoms with Gasteiger partial charge in [-0.15, -0.1) is 0 Å². The molecule has 1 aliphatic carbocycles. The number of ether oxygens (including phenoxy) is 3. The number of carbonyl (C=O) groups excluding carboxylic acids is 1. The first-order valence-corrected chi connectivity index (χ1v) is 15.6. The van der Waals surface area contributed by atoms with Gasteiger partial charge in [0.05, 0.1) is 7.11 Å². The number of methoxy groups -OCH3 is 1. The lowest BCUT2D eigenvalue weighted by molar-refractivity contribution is 0.100. The normalized spacial score (nSPS) is 12.0. The zero-order valence-electron chi connectivity index (χ0n) is 26.2. The minimum Gasteiger partial charge on any atom is -0.492 e. The standard InChI is InChI=1S/C40H39NO4/c1-28-24-35(41(25-30-14-7-4-8-15-30)26-31-16-9-5-10-17-31)33-20-13-21-34(33)39(28)45-37-23-22-36(38(29(2)42)40(37)43-3)44-27-32-18-11-6-12-19-32/h4-12,14-19,22-24H,13,20-21,25-27H2,1-3H3. The van der Waals surface area contributed by atoms with E-state index in [4.69, 9.17) is 14.2 Å². The molecule has 0 atom stereocenters. The average Bonchev–Trinajstić information content (AvgIpc) is 3.56. The maximum absolute atomic E-state index is 12.9. The van der Waals surface area contributed by atoms with Crippen LogP contribution in [0.3, 0.4) is 0 Å². The maximum Gasteiger partial charge on any atom is 0.175 e. The quantitative estimate of drug-likeness (QED) is 0.134. The van der Waals surface area contributed by atoms with Gasteiger partial charge in [0, 0.05) is 24.3 Å². The number of Topliss-reactive ketones (excluding diaryl/α,β-unsaturated/α-hetero) is 1. The topological polar surface area (TPSA) is 48.0 Å². The van der Waals surface area contributed by atoms with E-state index in [1.54, 1.807) is 7.11 Å². The molecular formula is C40H39NO4. The molecular weight excluding hydrogens is 558 g/mol. The highest BCUT2D eigenvalue weighted by Gasteiger charge is 2.27. The second kappa shape index (κ2) is 13.7. The summed E-state index contributed by atoms with van der Waals surface area (Å²) in [6, 6.07) is 37.1. The maximum atomic E-state index is 12.9. The zero-order valence-corrected chi connectivity index (χ0v) is 26.2. The predicted octanol–water partition coefficient (Wildman–Crippen LogP) is 9.27. The second-order valence-electron chi connectivity index (χ2n) is 11.6. The van der Waals surface area contributed by atoms with Gasteiger partial charge >= 0.3 is 0 Å². The molecule has 0 heterocycles. The van der Waals surface area contributed by atoms with E-state index < -0.39 is 0 Å². The largest absolute Gasteiger partial charge is 0.492 e. The lowest BCUT2D eigenvalue weighted by Crippen LogP contribution is -2.23. The Kier molecular flexibility index (Phi) is 9.16. The Labute approximate surface area is 266 Å². The Bertz CT molecular complexity index is 1730. The van der Waals surface area contributed by atoms with Crippen LogP contribution in [0.1, 0.15) is 57.1 Å². The Morgan fingerprint density at radius 3 is 1.84 bits per heavy atom. The second-order valence-corrected chi connectivity index (χ2v) is 11.6.